The molecule has 11 heteroatoms. The number of morpholine rings is 1. The first-order valence-electron chi connectivity index (χ1n) is 11.8. The van der Waals surface area contributed by atoms with Gasteiger partial charge in [-0.05, 0) is 31.0 Å². The van der Waals surface area contributed by atoms with Crippen LogP contribution in [0.25, 0.3) is 22.7 Å². The Hall–Kier alpha value is -3.99. The summed E-state index contributed by atoms with van der Waals surface area (Å²) in [6.07, 6.45) is 6.13. The molecule has 6 rings (SSSR count). The number of anilines is 1. The molecule has 180 valence electrons. The third kappa shape index (κ3) is 4.18. The van der Waals surface area contributed by atoms with Gasteiger partial charge in [0.1, 0.15) is 5.82 Å². The van der Waals surface area contributed by atoms with Crippen LogP contribution in [-0.4, -0.2) is 84.9 Å². The molecule has 2 fully saturated rings. The summed E-state index contributed by atoms with van der Waals surface area (Å²) < 4.78 is 9.26. The van der Waals surface area contributed by atoms with E-state index in [1.165, 1.54) is 4.90 Å². The molecule has 0 unspecified atom stereocenters. The van der Waals surface area contributed by atoms with Gasteiger partial charge < -0.3 is 19.6 Å². The van der Waals surface area contributed by atoms with Crippen LogP contribution in [0.5, 0.6) is 0 Å². The van der Waals surface area contributed by atoms with Crippen molar-refractivity contribution < 1.29 is 14.6 Å². The average molecular weight is 475 g/mol. The standard InChI is InChI=1S/C24H26N8O3/c33-24(34)30-8-3-18(4-9-30)19-5-10-31(27-19)21-16-23(29-11-13-35-14-12-29)32-22(26-21)15-20(28-32)17-1-6-25-7-2-17/h1-2,5-7,10,15-16,18H,3-4,8-9,11-14H2,(H,33,34). The van der Waals surface area contributed by atoms with Gasteiger partial charge in [-0.1, -0.05) is 0 Å². The Labute approximate surface area is 201 Å². The number of piperidine rings is 1. The zero-order valence-corrected chi connectivity index (χ0v) is 19.2. The van der Waals surface area contributed by atoms with Gasteiger partial charge >= 0.3 is 6.09 Å². The predicted octanol–water partition coefficient (Wildman–Crippen LogP) is 2.67. The number of hydrogen-bond acceptors (Lipinski definition) is 7. The van der Waals surface area contributed by atoms with Crippen LogP contribution in [0.2, 0.25) is 0 Å². The van der Waals surface area contributed by atoms with E-state index >= 15 is 0 Å². The number of rotatable bonds is 4. The van der Waals surface area contributed by atoms with Crippen LogP contribution < -0.4 is 4.90 Å². The number of hydrogen-bond donors (Lipinski definition) is 1. The maximum absolute atomic E-state index is 11.2. The quantitative estimate of drug-likeness (QED) is 0.480. The fraction of sp³-hybridized carbons (Fsp3) is 0.375. The van der Waals surface area contributed by atoms with Gasteiger partial charge in [0, 0.05) is 68.4 Å². The molecule has 4 aromatic heterocycles. The van der Waals surface area contributed by atoms with Crippen molar-refractivity contribution in [2.45, 2.75) is 18.8 Å². The Balaban J connectivity index is 1.36. The van der Waals surface area contributed by atoms with E-state index in [1.807, 2.05) is 45.7 Å². The molecule has 0 aromatic carbocycles. The molecule has 0 bridgehead atoms. The minimum absolute atomic E-state index is 0.238. The lowest BCUT2D eigenvalue weighted by Gasteiger charge is -2.29. The summed E-state index contributed by atoms with van der Waals surface area (Å²) >= 11 is 0. The summed E-state index contributed by atoms with van der Waals surface area (Å²) in [6, 6.07) is 9.89. The highest BCUT2D eigenvalue weighted by atomic mass is 16.5. The van der Waals surface area contributed by atoms with E-state index in [1.54, 1.807) is 12.4 Å². The molecule has 1 amide bonds. The summed E-state index contributed by atoms with van der Waals surface area (Å²) in [5.74, 6) is 1.90. The Kier molecular flexibility index (Phi) is 5.53. The highest BCUT2D eigenvalue weighted by Gasteiger charge is 2.25. The second kappa shape index (κ2) is 8.99. The van der Waals surface area contributed by atoms with Gasteiger partial charge in [-0.15, -0.1) is 0 Å². The summed E-state index contributed by atoms with van der Waals surface area (Å²) in [7, 11) is 0. The van der Waals surface area contributed by atoms with Crippen LogP contribution in [0.4, 0.5) is 10.6 Å². The van der Waals surface area contributed by atoms with Crippen molar-refractivity contribution in [3.8, 4) is 17.1 Å². The largest absolute Gasteiger partial charge is 0.465 e. The van der Waals surface area contributed by atoms with Gasteiger partial charge in [0.15, 0.2) is 11.5 Å². The molecule has 0 radical (unpaired) electrons. The van der Waals surface area contributed by atoms with Gasteiger partial charge in [0.05, 0.1) is 24.6 Å². The second-order valence-electron chi connectivity index (χ2n) is 8.84. The van der Waals surface area contributed by atoms with Crippen molar-refractivity contribution in [3.63, 3.8) is 0 Å². The predicted molar refractivity (Wildman–Crippen MR) is 128 cm³/mol. The molecule has 0 aliphatic carbocycles. The second-order valence-corrected chi connectivity index (χ2v) is 8.84. The van der Waals surface area contributed by atoms with E-state index in [9.17, 15) is 9.90 Å². The van der Waals surface area contributed by atoms with Crippen molar-refractivity contribution in [1.82, 2.24) is 34.3 Å². The molecule has 35 heavy (non-hydrogen) atoms. The zero-order valence-electron chi connectivity index (χ0n) is 19.2. The molecule has 0 spiro atoms. The molecule has 4 aromatic rings. The monoisotopic (exact) mass is 474 g/mol. The SMILES string of the molecule is O=C(O)N1CCC(c2ccn(-c3cc(N4CCOCC4)n4nc(-c5ccncc5)cc4n3)n2)CC1. The van der Waals surface area contributed by atoms with Crippen molar-refractivity contribution in [3.05, 3.63) is 54.6 Å². The van der Waals surface area contributed by atoms with Gasteiger partial charge in [-0.2, -0.15) is 14.7 Å². The van der Waals surface area contributed by atoms with E-state index in [0.717, 1.165) is 60.2 Å². The molecule has 0 saturated carbocycles. The lowest BCUT2D eigenvalue weighted by Crippen LogP contribution is -2.37. The number of ether oxygens (including phenoxy) is 1. The van der Waals surface area contributed by atoms with Crippen molar-refractivity contribution >= 4 is 17.6 Å². The maximum atomic E-state index is 11.2. The van der Waals surface area contributed by atoms with E-state index < -0.39 is 6.09 Å². The Bertz CT molecular complexity index is 1340. The van der Waals surface area contributed by atoms with E-state index in [-0.39, 0.29) is 5.92 Å². The van der Waals surface area contributed by atoms with E-state index in [2.05, 4.69) is 9.88 Å². The molecule has 0 atom stereocenters. The number of fused-ring (bicyclic) bond motifs is 1. The molecular formula is C24H26N8O3. The first kappa shape index (κ1) is 21.5. The number of pyridine rings is 1. The fourth-order valence-electron chi connectivity index (χ4n) is 4.79. The Morgan fingerprint density at radius 3 is 2.51 bits per heavy atom. The van der Waals surface area contributed by atoms with Crippen molar-refractivity contribution in [2.24, 2.45) is 0 Å². The first-order chi connectivity index (χ1) is 17.2. The van der Waals surface area contributed by atoms with Crippen LogP contribution in [0.3, 0.4) is 0 Å². The topological polar surface area (TPSA) is 114 Å². The highest BCUT2D eigenvalue weighted by Crippen LogP contribution is 2.29. The smallest absolute Gasteiger partial charge is 0.407 e. The van der Waals surface area contributed by atoms with Crippen LogP contribution in [-0.2, 0) is 4.74 Å². The normalized spacial score (nSPS) is 17.3. The Morgan fingerprint density at radius 1 is 1.00 bits per heavy atom. The number of carbonyl (C=O) groups is 1. The van der Waals surface area contributed by atoms with Gasteiger partial charge in [0.25, 0.3) is 0 Å². The summed E-state index contributed by atoms with van der Waals surface area (Å²) in [6.45, 7) is 3.94. The number of amides is 1. The average Bonchev–Trinajstić information content (AvgIpc) is 3.57. The van der Waals surface area contributed by atoms with Crippen molar-refractivity contribution in [2.75, 3.05) is 44.3 Å². The third-order valence-electron chi connectivity index (χ3n) is 6.73. The molecule has 1 N–H and O–H groups in total. The number of carboxylic acid groups (broad SMARTS) is 1. The maximum Gasteiger partial charge on any atom is 0.407 e. The number of likely N-dealkylation sites (tertiary alicyclic amines) is 1. The lowest BCUT2D eigenvalue weighted by molar-refractivity contribution is 0.122. The highest BCUT2D eigenvalue weighted by molar-refractivity contribution is 5.66. The van der Waals surface area contributed by atoms with Gasteiger partial charge in [-0.3, -0.25) is 4.98 Å². The fourth-order valence-corrected chi connectivity index (χ4v) is 4.79. The number of nitrogens with zero attached hydrogens (tertiary/aromatic N) is 8. The molecule has 2 aliphatic heterocycles. The number of aromatic nitrogens is 6. The van der Waals surface area contributed by atoms with Crippen molar-refractivity contribution in [1.29, 1.82) is 0 Å². The first-order valence-corrected chi connectivity index (χ1v) is 11.8. The minimum Gasteiger partial charge on any atom is -0.465 e. The molecule has 2 aliphatic rings. The van der Waals surface area contributed by atoms with E-state index in [0.29, 0.717) is 26.3 Å². The van der Waals surface area contributed by atoms with Crippen LogP contribution >= 0.6 is 0 Å². The van der Waals surface area contributed by atoms with Gasteiger partial charge in [0.2, 0.25) is 0 Å². The molecular weight excluding hydrogens is 448 g/mol. The summed E-state index contributed by atoms with van der Waals surface area (Å²) in [4.78, 5) is 23.9. The summed E-state index contributed by atoms with van der Waals surface area (Å²) in [5.41, 5.74) is 3.52. The Morgan fingerprint density at radius 2 is 1.77 bits per heavy atom. The van der Waals surface area contributed by atoms with Gasteiger partial charge in [-0.25, -0.2) is 14.5 Å². The third-order valence-corrected chi connectivity index (χ3v) is 6.73. The minimum atomic E-state index is -0.853. The van der Waals surface area contributed by atoms with Crippen LogP contribution in [0, 0.1) is 0 Å². The molecule has 6 heterocycles. The van der Waals surface area contributed by atoms with Crippen LogP contribution in [0.15, 0.2) is 48.9 Å². The lowest BCUT2D eigenvalue weighted by atomic mass is 9.94. The molecule has 11 nitrogen and oxygen atoms in total. The zero-order chi connectivity index (χ0) is 23.8. The van der Waals surface area contributed by atoms with E-state index in [4.69, 9.17) is 19.9 Å². The summed E-state index contributed by atoms with van der Waals surface area (Å²) in [5, 5.41) is 18.9. The van der Waals surface area contributed by atoms with Crippen LogP contribution in [0.1, 0.15) is 24.5 Å². The molecule has 2 saturated heterocycles.